The normalized spacial score (nSPS) is 10.3. The zero-order valence-corrected chi connectivity index (χ0v) is 20.5. The minimum absolute atomic E-state index is 0.106. The smallest absolute Gasteiger partial charge is 0.205 e. The second-order valence-electron chi connectivity index (χ2n) is 8.25. The van der Waals surface area contributed by atoms with Crippen LogP contribution >= 0.6 is 0 Å². The van der Waals surface area contributed by atoms with Crippen molar-refractivity contribution in [1.82, 2.24) is 0 Å². The minimum atomic E-state index is -1.93. The molecule has 10 heteroatoms. The van der Waals surface area contributed by atoms with E-state index in [0.717, 1.165) is 11.1 Å². The lowest BCUT2D eigenvalue weighted by Crippen LogP contribution is -2.04. The summed E-state index contributed by atoms with van der Waals surface area (Å²) in [5.74, 6) is -11.4. The van der Waals surface area contributed by atoms with Crippen molar-refractivity contribution >= 4 is 0 Å². The first kappa shape index (κ1) is 28.1. The molecule has 2 nitrogen and oxygen atoms in total. The number of ether oxygens (including phenoxy) is 2. The molecule has 0 aliphatic rings. The van der Waals surface area contributed by atoms with Crippen LogP contribution in [0.1, 0.15) is 22.3 Å². The second-order valence-corrected chi connectivity index (χ2v) is 8.25. The van der Waals surface area contributed by atoms with Crippen LogP contribution < -0.4 is 9.47 Å². The molecule has 4 aromatic rings. The molecule has 4 aromatic carbocycles. The molecule has 0 N–H and O–H groups in total. The van der Waals surface area contributed by atoms with E-state index in [9.17, 15) is 35.1 Å². The van der Waals surface area contributed by atoms with Gasteiger partial charge in [-0.2, -0.15) is 17.6 Å². The SMILES string of the molecule is Cc1ccc(Oc2c(F)c(F)c(C#CC#Cc3c(F)c(F)c(Oc4ccc(C)cc4)c(F)c3F)c(F)c2F)cc1. The Morgan fingerprint density at radius 2 is 0.700 bits per heavy atom. The highest BCUT2D eigenvalue weighted by atomic mass is 19.2. The Labute approximate surface area is 222 Å². The molecule has 40 heavy (non-hydrogen) atoms. The topological polar surface area (TPSA) is 18.5 Å². The van der Waals surface area contributed by atoms with Crippen LogP contribution in [0.2, 0.25) is 0 Å². The fraction of sp³-hybridized carbons (Fsp3) is 0.0667. The molecular weight excluding hydrogens is 544 g/mol. The summed E-state index contributed by atoms with van der Waals surface area (Å²) in [6, 6.07) is 11.4. The van der Waals surface area contributed by atoms with Gasteiger partial charge in [0.1, 0.15) is 22.6 Å². The Morgan fingerprint density at radius 3 is 0.975 bits per heavy atom. The summed E-state index contributed by atoms with van der Waals surface area (Å²) in [6.45, 7) is 3.46. The van der Waals surface area contributed by atoms with Crippen LogP contribution in [0.15, 0.2) is 48.5 Å². The molecule has 0 unspecified atom stereocenters. The maximum atomic E-state index is 14.5. The van der Waals surface area contributed by atoms with Crippen molar-refractivity contribution in [3.05, 3.63) is 117 Å². The predicted octanol–water partition coefficient (Wildman–Crippen LogP) is 8.40. The van der Waals surface area contributed by atoms with E-state index in [2.05, 4.69) is 0 Å². The molecule has 0 aliphatic heterocycles. The van der Waals surface area contributed by atoms with Crippen molar-refractivity contribution < 1.29 is 44.6 Å². The molecule has 0 radical (unpaired) electrons. The minimum Gasteiger partial charge on any atom is -0.451 e. The van der Waals surface area contributed by atoms with Crippen LogP contribution in [0, 0.1) is 84.1 Å². The molecule has 0 saturated carbocycles. The predicted molar refractivity (Wildman–Crippen MR) is 129 cm³/mol. The Balaban J connectivity index is 1.65. The summed E-state index contributed by atoms with van der Waals surface area (Å²) in [5, 5.41) is 0. The van der Waals surface area contributed by atoms with E-state index >= 15 is 0 Å². The van der Waals surface area contributed by atoms with Crippen LogP contribution in [0.4, 0.5) is 35.1 Å². The van der Waals surface area contributed by atoms with Gasteiger partial charge < -0.3 is 9.47 Å². The summed E-state index contributed by atoms with van der Waals surface area (Å²) in [5.41, 5.74) is -1.23. The summed E-state index contributed by atoms with van der Waals surface area (Å²) in [6.07, 6.45) is 0. The maximum absolute atomic E-state index is 14.5. The molecule has 0 bridgehead atoms. The van der Waals surface area contributed by atoms with Gasteiger partial charge in [-0.1, -0.05) is 35.4 Å². The highest BCUT2D eigenvalue weighted by Gasteiger charge is 2.28. The molecule has 0 saturated heterocycles. The zero-order chi connectivity index (χ0) is 29.1. The van der Waals surface area contributed by atoms with Gasteiger partial charge in [0.2, 0.25) is 34.8 Å². The summed E-state index contributed by atoms with van der Waals surface area (Å²) in [4.78, 5) is 0. The van der Waals surface area contributed by atoms with Crippen LogP contribution in [-0.4, -0.2) is 0 Å². The zero-order valence-electron chi connectivity index (χ0n) is 20.5. The average Bonchev–Trinajstić information content (AvgIpc) is 2.94. The van der Waals surface area contributed by atoms with E-state index in [4.69, 9.17) is 9.47 Å². The monoisotopic (exact) mass is 558 g/mol. The fourth-order valence-electron chi connectivity index (χ4n) is 3.26. The first-order valence-corrected chi connectivity index (χ1v) is 11.2. The van der Waals surface area contributed by atoms with Gasteiger partial charge in [0.15, 0.2) is 23.3 Å². The first-order chi connectivity index (χ1) is 19.0. The molecule has 0 heterocycles. The van der Waals surface area contributed by atoms with E-state index < -0.39 is 69.2 Å². The lowest BCUT2D eigenvalue weighted by atomic mass is 10.1. The van der Waals surface area contributed by atoms with Crippen molar-refractivity contribution in [3.8, 4) is 46.7 Å². The van der Waals surface area contributed by atoms with Crippen molar-refractivity contribution in [2.45, 2.75) is 13.8 Å². The molecule has 0 aromatic heterocycles. The van der Waals surface area contributed by atoms with E-state index in [-0.39, 0.29) is 11.5 Å². The standard InChI is InChI=1S/C30H14F8O2/c1-15-7-11-17(12-8-15)39-29-25(35)21(31)19(22(32)26(29)36)5-3-4-6-20-23(33)27(37)30(28(38)24(20)34)40-18-13-9-16(2)10-14-18/h7-14H,1-2H3. The Hall–Kier alpha value is -4.96. The highest BCUT2D eigenvalue weighted by Crippen LogP contribution is 2.34. The third-order valence-electron chi connectivity index (χ3n) is 5.37. The van der Waals surface area contributed by atoms with Gasteiger partial charge in [-0.3, -0.25) is 0 Å². The van der Waals surface area contributed by atoms with Gasteiger partial charge in [-0.15, -0.1) is 0 Å². The third-order valence-corrected chi connectivity index (χ3v) is 5.37. The Morgan fingerprint density at radius 1 is 0.425 bits per heavy atom. The highest BCUT2D eigenvalue weighted by molar-refractivity contribution is 5.50. The van der Waals surface area contributed by atoms with Gasteiger partial charge in [0.05, 0.1) is 0 Å². The van der Waals surface area contributed by atoms with Crippen LogP contribution in [0.3, 0.4) is 0 Å². The summed E-state index contributed by atoms with van der Waals surface area (Å²) in [7, 11) is 0. The number of hydrogen-bond acceptors (Lipinski definition) is 2. The quantitative estimate of drug-likeness (QED) is 0.142. The fourth-order valence-corrected chi connectivity index (χ4v) is 3.26. The number of halogens is 8. The van der Waals surface area contributed by atoms with Gasteiger partial charge in [-0.25, -0.2) is 17.6 Å². The molecule has 4 rings (SSSR count). The first-order valence-electron chi connectivity index (χ1n) is 11.2. The van der Waals surface area contributed by atoms with Crippen molar-refractivity contribution in [2.75, 3.05) is 0 Å². The maximum Gasteiger partial charge on any atom is 0.205 e. The Bertz CT molecular complexity index is 1550. The number of hydrogen-bond donors (Lipinski definition) is 0. The van der Waals surface area contributed by atoms with Crippen molar-refractivity contribution in [3.63, 3.8) is 0 Å². The second kappa shape index (κ2) is 11.4. The number of aryl methyl sites for hydroxylation is 2. The van der Waals surface area contributed by atoms with Gasteiger partial charge in [0, 0.05) is 0 Å². The number of benzene rings is 4. The third kappa shape index (κ3) is 5.57. The van der Waals surface area contributed by atoms with Crippen LogP contribution in [-0.2, 0) is 0 Å². The Kier molecular flexibility index (Phi) is 8.01. The number of rotatable bonds is 4. The lowest BCUT2D eigenvalue weighted by molar-refractivity contribution is 0.364. The van der Waals surface area contributed by atoms with Gasteiger partial charge >= 0.3 is 0 Å². The summed E-state index contributed by atoms with van der Waals surface area (Å²) < 4.78 is 125. The van der Waals surface area contributed by atoms with E-state index in [1.54, 1.807) is 37.5 Å². The molecule has 0 fully saturated rings. The summed E-state index contributed by atoms with van der Waals surface area (Å²) >= 11 is 0. The molecule has 0 aliphatic carbocycles. The molecule has 202 valence electrons. The average molecular weight is 558 g/mol. The molecular formula is C30H14F8O2. The van der Waals surface area contributed by atoms with Gasteiger partial charge in [-0.05, 0) is 61.8 Å². The largest absolute Gasteiger partial charge is 0.451 e. The molecule has 0 spiro atoms. The van der Waals surface area contributed by atoms with Gasteiger partial charge in [0.25, 0.3) is 0 Å². The molecule has 0 amide bonds. The van der Waals surface area contributed by atoms with E-state index in [1.807, 2.05) is 0 Å². The van der Waals surface area contributed by atoms with Crippen LogP contribution in [0.25, 0.3) is 0 Å². The van der Waals surface area contributed by atoms with Crippen LogP contribution in [0.5, 0.6) is 23.0 Å². The van der Waals surface area contributed by atoms with Crippen molar-refractivity contribution in [2.24, 2.45) is 0 Å². The lowest BCUT2D eigenvalue weighted by Gasteiger charge is -2.11. The van der Waals surface area contributed by atoms with E-state index in [1.165, 1.54) is 48.5 Å². The van der Waals surface area contributed by atoms with Crippen molar-refractivity contribution in [1.29, 1.82) is 0 Å². The van der Waals surface area contributed by atoms with E-state index in [0.29, 0.717) is 0 Å². The molecule has 0 atom stereocenters.